The van der Waals surface area contributed by atoms with E-state index in [2.05, 4.69) is 10.2 Å². The summed E-state index contributed by atoms with van der Waals surface area (Å²) in [7, 11) is 1.53. The number of carbonyl (C=O) groups excluding carboxylic acids is 1. The Labute approximate surface area is 148 Å². The Morgan fingerprint density at radius 3 is 2.79 bits per heavy atom. The van der Waals surface area contributed by atoms with Crippen molar-refractivity contribution in [3.05, 3.63) is 22.7 Å². The summed E-state index contributed by atoms with van der Waals surface area (Å²) < 4.78 is 16.0. The van der Waals surface area contributed by atoms with Gasteiger partial charge in [0.15, 0.2) is 11.5 Å². The molecule has 0 radical (unpaired) electrons. The summed E-state index contributed by atoms with van der Waals surface area (Å²) in [5.74, 6) is 0.758. The highest BCUT2D eigenvalue weighted by Crippen LogP contribution is 2.36. The molecule has 6 nitrogen and oxygen atoms in total. The highest BCUT2D eigenvalue weighted by atomic mass is 35.5. The summed E-state index contributed by atoms with van der Waals surface area (Å²) in [4.78, 5) is 14.6. The van der Waals surface area contributed by atoms with E-state index in [9.17, 15) is 4.79 Å². The number of morpholine rings is 1. The Bertz CT molecular complexity index is 548. The summed E-state index contributed by atoms with van der Waals surface area (Å²) in [6.45, 7) is 7.40. The third-order valence-electron chi connectivity index (χ3n) is 3.82. The summed E-state index contributed by atoms with van der Waals surface area (Å²) in [6, 6.07) is 3.25. The molecule has 1 amide bonds. The molecule has 0 bridgehead atoms. The van der Waals surface area contributed by atoms with Crippen molar-refractivity contribution in [3.8, 4) is 11.5 Å². The van der Waals surface area contributed by atoms with Gasteiger partial charge in [0.25, 0.3) is 5.91 Å². The van der Waals surface area contributed by atoms with E-state index in [1.165, 1.54) is 7.11 Å². The first-order valence-electron chi connectivity index (χ1n) is 8.24. The van der Waals surface area contributed by atoms with Gasteiger partial charge in [-0.1, -0.05) is 11.6 Å². The normalized spacial score (nSPS) is 15.1. The number of hydrogen-bond donors (Lipinski definition) is 1. The molecule has 7 heteroatoms. The van der Waals surface area contributed by atoms with Crippen molar-refractivity contribution in [3.63, 3.8) is 0 Å². The number of methoxy groups -OCH3 is 1. The van der Waals surface area contributed by atoms with Crippen molar-refractivity contribution in [1.82, 2.24) is 10.2 Å². The second-order valence-electron chi connectivity index (χ2n) is 5.49. The van der Waals surface area contributed by atoms with Crippen LogP contribution >= 0.6 is 11.6 Å². The maximum atomic E-state index is 12.3. The van der Waals surface area contributed by atoms with E-state index in [-0.39, 0.29) is 5.91 Å². The van der Waals surface area contributed by atoms with Crippen molar-refractivity contribution in [2.24, 2.45) is 0 Å². The van der Waals surface area contributed by atoms with Crippen LogP contribution in [0.5, 0.6) is 11.5 Å². The molecular formula is C17H25ClN2O4. The van der Waals surface area contributed by atoms with E-state index in [0.29, 0.717) is 35.2 Å². The predicted molar refractivity (Wildman–Crippen MR) is 93.4 cm³/mol. The smallest absolute Gasteiger partial charge is 0.251 e. The molecule has 1 heterocycles. The van der Waals surface area contributed by atoms with Gasteiger partial charge in [0, 0.05) is 25.2 Å². The lowest BCUT2D eigenvalue weighted by molar-refractivity contribution is 0.0374. The fourth-order valence-electron chi connectivity index (χ4n) is 2.57. The fraction of sp³-hybridized carbons (Fsp3) is 0.588. The van der Waals surface area contributed by atoms with Gasteiger partial charge in [0.05, 0.1) is 32.0 Å². The highest BCUT2D eigenvalue weighted by molar-refractivity contribution is 6.32. The van der Waals surface area contributed by atoms with Gasteiger partial charge >= 0.3 is 0 Å². The van der Waals surface area contributed by atoms with E-state index in [4.69, 9.17) is 25.8 Å². The fourth-order valence-corrected chi connectivity index (χ4v) is 2.83. The molecule has 1 aromatic rings. The number of benzene rings is 1. The molecule has 1 fully saturated rings. The largest absolute Gasteiger partial charge is 0.493 e. The lowest BCUT2D eigenvalue weighted by Gasteiger charge is -2.26. The molecule has 0 saturated carbocycles. The predicted octanol–water partition coefficient (Wildman–Crippen LogP) is 2.20. The maximum Gasteiger partial charge on any atom is 0.251 e. The lowest BCUT2D eigenvalue weighted by atomic mass is 10.2. The zero-order valence-electron chi connectivity index (χ0n) is 14.3. The van der Waals surface area contributed by atoms with Gasteiger partial charge in [-0.2, -0.15) is 0 Å². The van der Waals surface area contributed by atoms with E-state index >= 15 is 0 Å². The number of nitrogens with zero attached hydrogens (tertiary/aromatic N) is 1. The van der Waals surface area contributed by atoms with Gasteiger partial charge < -0.3 is 19.5 Å². The molecule has 134 valence electrons. The molecule has 1 saturated heterocycles. The minimum absolute atomic E-state index is 0.166. The van der Waals surface area contributed by atoms with Crippen LogP contribution in [0.2, 0.25) is 5.02 Å². The number of rotatable bonds is 8. The molecule has 24 heavy (non-hydrogen) atoms. The van der Waals surface area contributed by atoms with Crippen molar-refractivity contribution in [2.75, 3.05) is 53.1 Å². The first-order chi connectivity index (χ1) is 11.7. The lowest BCUT2D eigenvalue weighted by Crippen LogP contribution is -2.38. The van der Waals surface area contributed by atoms with Crippen LogP contribution < -0.4 is 14.8 Å². The number of carbonyl (C=O) groups is 1. The number of halogens is 1. The molecule has 0 spiro atoms. The molecule has 0 atom stereocenters. The topological polar surface area (TPSA) is 60.0 Å². The molecule has 1 aliphatic heterocycles. The molecule has 0 aliphatic carbocycles. The average Bonchev–Trinajstić information content (AvgIpc) is 2.61. The minimum atomic E-state index is -0.166. The van der Waals surface area contributed by atoms with Crippen LogP contribution in [0.4, 0.5) is 0 Å². The first-order valence-corrected chi connectivity index (χ1v) is 8.62. The number of hydrogen-bond acceptors (Lipinski definition) is 5. The van der Waals surface area contributed by atoms with Crippen molar-refractivity contribution in [1.29, 1.82) is 0 Å². The third-order valence-corrected chi connectivity index (χ3v) is 4.10. The standard InChI is InChI=1S/C17H25ClN2O4/c1-3-24-16-14(18)11-13(12-15(16)22-2)17(21)19-5-4-6-20-7-9-23-10-8-20/h11-12H,3-10H2,1-2H3,(H,19,21). The summed E-state index contributed by atoms with van der Waals surface area (Å²) >= 11 is 6.20. The number of nitrogens with one attached hydrogen (secondary N) is 1. The van der Waals surface area contributed by atoms with E-state index in [1.807, 2.05) is 6.92 Å². The first kappa shape index (κ1) is 18.8. The molecular weight excluding hydrogens is 332 g/mol. The van der Waals surface area contributed by atoms with E-state index in [0.717, 1.165) is 39.3 Å². The zero-order valence-corrected chi connectivity index (χ0v) is 15.0. The van der Waals surface area contributed by atoms with Crippen LogP contribution in [-0.4, -0.2) is 63.9 Å². The minimum Gasteiger partial charge on any atom is -0.493 e. The molecule has 0 unspecified atom stereocenters. The quantitative estimate of drug-likeness (QED) is 0.724. The van der Waals surface area contributed by atoms with Crippen LogP contribution in [0, 0.1) is 0 Å². The Morgan fingerprint density at radius 2 is 2.12 bits per heavy atom. The Balaban J connectivity index is 1.86. The van der Waals surface area contributed by atoms with Crippen LogP contribution in [0.15, 0.2) is 12.1 Å². The van der Waals surface area contributed by atoms with Crippen molar-refractivity contribution >= 4 is 17.5 Å². The maximum absolute atomic E-state index is 12.3. The van der Waals surface area contributed by atoms with Gasteiger partial charge in [-0.3, -0.25) is 9.69 Å². The van der Waals surface area contributed by atoms with Gasteiger partial charge in [0.2, 0.25) is 0 Å². The van der Waals surface area contributed by atoms with Crippen LogP contribution in [0.3, 0.4) is 0 Å². The Kier molecular flexibility index (Phi) is 7.62. The number of ether oxygens (including phenoxy) is 3. The van der Waals surface area contributed by atoms with E-state index < -0.39 is 0 Å². The van der Waals surface area contributed by atoms with Crippen molar-refractivity contribution < 1.29 is 19.0 Å². The molecule has 1 aliphatic rings. The SMILES string of the molecule is CCOc1c(Cl)cc(C(=O)NCCCN2CCOCC2)cc1OC. The van der Waals surface area contributed by atoms with Gasteiger partial charge in [0.1, 0.15) is 0 Å². The zero-order chi connectivity index (χ0) is 17.4. The van der Waals surface area contributed by atoms with Crippen LogP contribution in [0.1, 0.15) is 23.7 Å². The van der Waals surface area contributed by atoms with Gasteiger partial charge in [-0.25, -0.2) is 0 Å². The Morgan fingerprint density at radius 1 is 1.38 bits per heavy atom. The summed E-state index contributed by atoms with van der Waals surface area (Å²) in [5, 5.41) is 3.29. The molecule has 1 N–H and O–H groups in total. The summed E-state index contributed by atoms with van der Waals surface area (Å²) in [6.07, 6.45) is 0.896. The van der Waals surface area contributed by atoms with Gasteiger partial charge in [-0.05, 0) is 32.0 Å². The molecule has 1 aromatic carbocycles. The Hall–Kier alpha value is -1.50. The molecule has 2 rings (SSSR count). The van der Waals surface area contributed by atoms with E-state index in [1.54, 1.807) is 12.1 Å². The second kappa shape index (κ2) is 9.71. The van der Waals surface area contributed by atoms with Crippen LogP contribution in [0.25, 0.3) is 0 Å². The number of amides is 1. The van der Waals surface area contributed by atoms with Crippen LogP contribution in [-0.2, 0) is 4.74 Å². The van der Waals surface area contributed by atoms with Crippen molar-refractivity contribution in [2.45, 2.75) is 13.3 Å². The summed E-state index contributed by atoms with van der Waals surface area (Å²) in [5.41, 5.74) is 0.465. The third kappa shape index (κ3) is 5.26. The highest BCUT2D eigenvalue weighted by Gasteiger charge is 2.16. The monoisotopic (exact) mass is 356 g/mol. The van der Waals surface area contributed by atoms with Gasteiger partial charge in [-0.15, -0.1) is 0 Å². The average molecular weight is 357 g/mol. The second-order valence-corrected chi connectivity index (χ2v) is 5.89. The molecule has 0 aromatic heterocycles.